The highest BCUT2D eigenvalue weighted by Gasteiger charge is 2.18. The minimum absolute atomic E-state index is 0.898. The van der Waals surface area contributed by atoms with Gasteiger partial charge in [0.2, 0.25) is 0 Å². The van der Waals surface area contributed by atoms with Crippen molar-refractivity contribution in [3.63, 3.8) is 0 Å². The Kier molecular flexibility index (Phi) is 5.19. The van der Waals surface area contributed by atoms with Crippen LogP contribution in [0.4, 0.5) is 0 Å². The molecule has 1 aliphatic rings. The summed E-state index contributed by atoms with van der Waals surface area (Å²) < 4.78 is 3.29. The Morgan fingerprint density at radius 3 is 2.28 bits per heavy atom. The van der Waals surface area contributed by atoms with Crippen LogP contribution >= 0.6 is 15.9 Å². The first-order valence-corrected chi connectivity index (χ1v) is 10.8. The van der Waals surface area contributed by atoms with E-state index in [0.717, 1.165) is 54.1 Å². The number of piperazine rings is 1. The van der Waals surface area contributed by atoms with Gasteiger partial charge in [-0.05, 0) is 39.2 Å². The van der Waals surface area contributed by atoms with Crippen LogP contribution in [0.2, 0.25) is 0 Å². The fourth-order valence-corrected chi connectivity index (χ4v) is 4.32. The van der Waals surface area contributed by atoms with Gasteiger partial charge in [-0.25, -0.2) is 4.98 Å². The quantitative estimate of drug-likeness (QED) is 0.486. The molecule has 0 bridgehead atoms. The number of benzene rings is 2. The van der Waals surface area contributed by atoms with E-state index in [-0.39, 0.29) is 0 Å². The lowest BCUT2D eigenvalue weighted by Crippen LogP contribution is -2.43. The Labute approximate surface area is 179 Å². The van der Waals surface area contributed by atoms with Gasteiger partial charge in [0, 0.05) is 49.0 Å². The van der Waals surface area contributed by atoms with Crippen LogP contribution in [0.15, 0.2) is 77.4 Å². The van der Waals surface area contributed by atoms with E-state index < -0.39 is 0 Å². The van der Waals surface area contributed by atoms with Crippen molar-refractivity contribution in [2.24, 2.45) is 0 Å². The van der Waals surface area contributed by atoms with Gasteiger partial charge in [-0.15, -0.1) is 0 Å². The van der Waals surface area contributed by atoms with Gasteiger partial charge in [-0.1, -0.05) is 54.6 Å². The number of nitrogens with one attached hydrogen (secondary N) is 1. The van der Waals surface area contributed by atoms with Crippen LogP contribution in [0, 0.1) is 0 Å². The summed E-state index contributed by atoms with van der Waals surface area (Å²) in [5.74, 6) is 0. The molecule has 0 unspecified atom stereocenters. The molecule has 29 heavy (non-hydrogen) atoms. The zero-order valence-electron chi connectivity index (χ0n) is 16.2. The van der Waals surface area contributed by atoms with Crippen LogP contribution in [0.25, 0.3) is 28.0 Å². The lowest BCUT2D eigenvalue weighted by molar-refractivity contribution is 0.230. The molecule has 1 saturated heterocycles. The monoisotopic (exact) mass is 446 g/mol. The average Bonchev–Trinajstić information content (AvgIpc) is 3.13. The SMILES string of the molecule is Brc1ccc2nc(-c3ccc(-c4ccccc4)cc3)c(CN3CCNCC3)n2c1. The summed E-state index contributed by atoms with van der Waals surface area (Å²) in [7, 11) is 0. The number of halogens is 1. The summed E-state index contributed by atoms with van der Waals surface area (Å²) in [5.41, 5.74) is 6.93. The molecule has 5 rings (SSSR count). The van der Waals surface area contributed by atoms with Crippen LogP contribution in [0.3, 0.4) is 0 Å². The van der Waals surface area contributed by atoms with E-state index in [1.807, 2.05) is 0 Å². The summed E-state index contributed by atoms with van der Waals surface area (Å²) in [4.78, 5) is 7.49. The fourth-order valence-electron chi connectivity index (χ4n) is 3.98. The van der Waals surface area contributed by atoms with Gasteiger partial charge in [0.25, 0.3) is 0 Å². The third-order valence-electron chi connectivity index (χ3n) is 5.53. The first kappa shape index (κ1) is 18.6. The Hall–Kier alpha value is -2.47. The summed E-state index contributed by atoms with van der Waals surface area (Å²) in [6, 6.07) is 23.4. The predicted octanol–water partition coefficient (Wildman–Crippen LogP) is 4.84. The number of hydrogen-bond donors (Lipinski definition) is 1. The molecule has 4 nitrogen and oxygen atoms in total. The van der Waals surface area contributed by atoms with Gasteiger partial charge in [-0.2, -0.15) is 0 Å². The summed E-state index contributed by atoms with van der Waals surface area (Å²) >= 11 is 3.62. The molecule has 5 heteroatoms. The second-order valence-electron chi connectivity index (χ2n) is 7.45. The van der Waals surface area contributed by atoms with Crippen molar-refractivity contribution in [2.75, 3.05) is 26.2 Å². The number of hydrogen-bond acceptors (Lipinski definition) is 3. The van der Waals surface area contributed by atoms with Gasteiger partial charge in [0.1, 0.15) is 5.65 Å². The van der Waals surface area contributed by atoms with E-state index in [2.05, 4.69) is 103 Å². The minimum atomic E-state index is 0.898. The molecule has 0 amide bonds. The van der Waals surface area contributed by atoms with E-state index in [0.29, 0.717) is 0 Å². The number of rotatable bonds is 4. The third kappa shape index (κ3) is 3.86. The predicted molar refractivity (Wildman–Crippen MR) is 122 cm³/mol. The van der Waals surface area contributed by atoms with Crippen LogP contribution in [0.5, 0.6) is 0 Å². The van der Waals surface area contributed by atoms with Crippen molar-refractivity contribution < 1.29 is 0 Å². The molecule has 1 aliphatic heterocycles. The maximum Gasteiger partial charge on any atom is 0.137 e. The molecule has 146 valence electrons. The zero-order chi connectivity index (χ0) is 19.6. The van der Waals surface area contributed by atoms with E-state index in [4.69, 9.17) is 4.98 Å². The Balaban J connectivity index is 1.55. The first-order chi connectivity index (χ1) is 14.3. The number of pyridine rings is 1. The van der Waals surface area contributed by atoms with Crippen LogP contribution in [0.1, 0.15) is 5.69 Å². The summed E-state index contributed by atoms with van der Waals surface area (Å²) in [6.07, 6.45) is 2.13. The van der Waals surface area contributed by atoms with Crippen LogP contribution in [-0.4, -0.2) is 40.5 Å². The van der Waals surface area contributed by atoms with Crippen molar-refractivity contribution >= 4 is 21.6 Å². The Morgan fingerprint density at radius 1 is 0.828 bits per heavy atom. The standard InChI is InChI=1S/C24H23BrN4/c25-21-10-11-23-27-24(22(29(23)16-21)17-28-14-12-26-13-15-28)20-8-6-19(7-9-20)18-4-2-1-3-5-18/h1-11,16,26H,12-15,17H2. The van der Waals surface area contributed by atoms with Crippen LogP contribution in [-0.2, 0) is 6.54 Å². The van der Waals surface area contributed by atoms with Crippen molar-refractivity contribution in [3.8, 4) is 22.4 Å². The molecule has 0 aliphatic carbocycles. The highest BCUT2D eigenvalue weighted by Crippen LogP contribution is 2.29. The normalized spacial score (nSPS) is 15.1. The molecule has 0 radical (unpaired) electrons. The molecular formula is C24H23BrN4. The van der Waals surface area contributed by atoms with Gasteiger partial charge in [0.05, 0.1) is 11.4 Å². The van der Waals surface area contributed by atoms with E-state index in [1.54, 1.807) is 0 Å². The van der Waals surface area contributed by atoms with E-state index in [9.17, 15) is 0 Å². The molecule has 2 aromatic carbocycles. The van der Waals surface area contributed by atoms with Crippen molar-refractivity contribution in [3.05, 3.63) is 83.1 Å². The number of aromatic nitrogens is 2. The smallest absolute Gasteiger partial charge is 0.137 e. The zero-order valence-corrected chi connectivity index (χ0v) is 17.8. The van der Waals surface area contributed by atoms with Crippen molar-refractivity contribution in [2.45, 2.75) is 6.54 Å². The largest absolute Gasteiger partial charge is 0.314 e. The lowest BCUT2D eigenvalue weighted by atomic mass is 10.0. The highest BCUT2D eigenvalue weighted by molar-refractivity contribution is 9.10. The van der Waals surface area contributed by atoms with E-state index in [1.165, 1.54) is 16.8 Å². The molecule has 1 fully saturated rings. The number of imidazole rings is 1. The maximum absolute atomic E-state index is 4.99. The first-order valence-electron chi connectivity index (χ1n) is 10.0. The topological polar surface area (TPSA) is 32.6 Å². The Morgan fingerprint density at radius 2 is 1.52 bits per heavy atom. The van der Waals surface area contributed by atoms with Crippen molar-refractivity contribution in [1.29, 1.82) is 0 Å². The number of fused-ring (bicyclic) bond motifs is 1. The molecular weight excluding hydrogens is 424 g/mol. The van der Waals surface area contributed by atoms with Crippen molar-refractivity contribution in [1.82, 2.24) is 19.6 Å². The van der Waals surface area contributed by atoms with Gasteiger partial charge in [-0.3, -0.25) is 4.90 Å². The minimum Gasteiger partial charge on any atom is -0.314 e. The molecule has 0 spiro atoms. The molecule has 3 heterocycles. The second-order valence-corrected chi connectivity index (χ2v) is 8.37. The molecule has 0 atom stereocenters. The molecule has 2 aromatic heterocycles. The molecule has 0 saturated carbocycles. The van der Waals surface area contributed by atoms with E-state index >= 15 is 0 Å². The van der Waals surface area contributed by atoms with Gasteiger partial charge >= 0.3 is 0 Å². The highest BCUT2D eigenvalue weighted by atomic mass is 79.9. The fraction of sp³-hybridized carbons (Fsp3) is 0.208. The lowest BCUT2D eigenvalue weighted by Gasteiger charge is -2.27. The average molecular weight is 447 g/mol. The van der Waals surface area contributed by atoms with Crippen LogP contribution < -0.4 is 5.32 Å². The number of nitrogens with zero attached hydrogens (tertiary/aromatic N) is 3. The third-order valence-corrected chi connectivity index (χ3v) is 6.00. The van der Waals surface area contributed by atoms with Gasteiger partial charge < -0.3 is 9.72 Å². The van der Waals surface area contributed by atoms with Gasteiger partial charge in [0.15, 0.2) is 0 Å². The summed E-state index contributed by atoms with van der Waals surface area (Å²) in [5, 5.41) is 3.44. The Bertz CT molecular complexity index is 1110. The second kappa shape index (κ2) is 8.11. The molecule has 4 aromatic rings. The summed E-state index contributed by atoms with van der Waals surface area (Å²) in [6.45, 7) is 5.11. The molecule has 1 N–H and O–H groups in total. The maximum atomic E-state index is 4.99.